The summed E-state index contributed by atoms with van der Waals surface area (Å²) in [6.07, 6.45) is 7.42. The molecule has 0 unspecified atom stereocenters. The maximum Gasteiger partial charge on any atom is 0.270 e. The van der Waals surface area contributed by atoms with Crippen molar-refractivity contribution in [3.05, 3.63) is 24.0 Å². The largest absolute Gasteiger partial charge is 0.341 e. The smallest absolute Gasteiger partial charge is 0.270 e. The Balaban J connectivity index is 1.51. The van der Waals surface area contributed by atoms with Crippen LogP contribution in [0.15, 0.2) is 18.3 Å². The summed E-state index contributed by atoms with van der Waals surface area (Å²) >= 11 is 0. The molecule has 0 N–H and O–H groups in total. The minimum absolute atomic E-state index is 0.230. The third-order valence-corrected chi connectivity index (χ3v) is 5.86. The summed E-state index contributed by atoms with van der Waals surface area (Å²) in [6.45, 7) is 8.62. The zero-order chi connectivity index (χ0) is 16.0. The Morgan fingerprint density at radius 3 is 2.74 bits per heavy atom. The van der Waals surface area contributed by atoms with Gasteiger partial charge < -0.3 is 9.47 Å². The lowest BCUT2D eigenvalue weighted by atomic mass is 9.95. The summed E-state index contributed by atoms with van der Waals surface area (Å²) in [5.41, 5.74) is 0.857. The molecule has 0 spiro atoms. The maximum absolute atomic E-state index is 13.1. The lowest BCUT2D eigenvalue weighted by molar-refractivity contribution is 0.0724. The van der Waals surface area contributed by atoms with Gasteiger partial charge in [-0.25, -0.2) is 0 Å². The second-order valence-corrected chi connectivity index (χ2v) is 8.10. The van der Waals surface area contributed by atoms with E-state index >= 15 is 0 Å². The average Bonchev–Trinajstić information content (AvgIpc) is 3.27. The molecule has 5 rings (SSSR count). The SMILES string of the molecule is CC(C)n1cccc1C(=O)N1C[C@H]2CC[C@@H](C1)N(CC1CC1)C2. The summed E-state index contributed by atoms with van der Waals surface area (Å²) in [7, 11) is 0. The van der Waals surface area contributed by atoms with E-state index in [4.69, 9.17) is 0 Å². The number of piperidine rings is 1. The Morgan fingerprint density at radius 2 is 2.00 bits per heavy atom. The fourth-order valence-corrected chi connectivity index (χ4v) is 4.39. The topological polar surface area (TPSA) is 28.5 Å². The van der Waals surface area contributed by atoms with Gasteiger partial charge in [0.2, 0.25) is 0 Å². The number of carbonyl (C=O) groups is 1. The van der Waals surface area contributed by atoms with Crippen LogP contribution in [0, 0.1) is 11.8 Å². The Kier molecular flexibility index (Phi) is 3.96. The number of fused-ring (bicyclic) bond motifs is 4. The first-order chi connectivity index (χ1) is 11.1. The summed E-state index contributed by atoms with van der Waals surface area (Å²) < 4.78 is 2.11. The van der Waals surface area contributed by atoms with Gasteiger partial charge in [-0.2, -0.15) is 0 Å². The van der Waals surface area contributed by atoms with Crippen LogP contribution in [0.3, 0.4) is 0 Å². The summed E-state index contributed by atoms with van der Waals surface area (Å²) in [4.78, 5) is 17.9. The zero-order valence-electron chi connectivity index (χ0n) is 14.4. The van der Waals surface area contributed by atoms with Crippen molar-refractivity contribution in [2.45, 2.75) is 51.6 Å². The molecule has 4 nitrogen and oxygen atoms in total. The van der Waals surface area contributed by atoms with Crippen LogP contribution in [-0.2, 0) is 0 Å². The van der Waals surface area contributed by atoms with Gasteiger partial charge in [-0.1, -0.05) is 0 Å². The Morgan fingerprint density at radius 1 is 1.17 bits per heavy atom. The number of aromatic nitrogens is 1. The van der Waals surface area contributed by atoms with Crippen LogP contribution in [0.1, 0.15) is 56.1 Å². The number of rotatable bonds is 4. The molecule has 1 saturated carbocycles. The summed E-state index contributed by atoms with van der Waals surface area (Å²) in [6, 6.07) is 4.90. The van der Waals surface area contributed by atoms with Crippen molar-refractivity contribution in [1.29, 1.82) is 0 Å². The molecule has 2 atom stereocenters. The number of amides is 1. The molecule has 4 heterocycles. The monoisotopic (exact) mass is 315 g/mol. The molecular weight excluding hydrogens is 286 g/mol. The van der Waals surface area contributed by atoms with Crippen LogP contribution in [0.5, 0.6) is 0 Å². The maximum atomic E-state index is 13.1. The minimum Gasteiger partial charge on any atom is -0.341 e. The fourth-order valence-electron chi connectivity index (χ4n) is 4.39. The Bertz CT molecular complexity index is 575. The second-order valence-electron chi connectivity index (χ2n) is 8.10. The quantitative estimate of drug-likeness (QED) is 0.854. The highest BCUT2D eigenvalue weighted by Crippen LogP contribution is 2.35. The first-order valence-corrected chi connectivity index (χ1v) is 9.32. The third kappa shape index (κ3) is 3.06. The molecule has 4 fully saturated rings. The van der Waals surface area contributed by atoms with Gasteiger partial charge in [-0.15, -0.1) is 0 Å². The van der Waals surface area contributed by atoms with Gasteiger partial charge in [0.25, 0.3) is 5.91 Å². The third-order valence-electron chi connectivity index (χ3n) is 5.86. The number of hydrogen-bond donors (Lipinski definition) is 0. The van der Waals surface area contributed by atoms with E-state index < -0.39 is 0 Å². The lowest BCUT2D eigenvalue weighted by Gasteiger charge is -2.36. The van der Waals surface area contributed by atoms with Crippen molar-refractivity contribution in [2.75, 3.05) is 26.2 Å². The van der Waals surface area contributed by atoms with E-state index in [9.17, 15) is 4.79 Å². The van der Waals surface area contributed by atoms with Crippen LogP contribution in [0.25, 0.3) is 0 Å². The molecule has 3 aliphatic heterocycles. The van der Waals surface area contributed by atoms with Gasteiger partial charge in [0, 0.05) is 44.5 Å². The molecule has 1 aliphatic carbocycles. The number of hydrogen-bond acceptors (Lipinski definition) is 2. The van der Waals surface area contributed by atoms with Gasteiger partial charge in [0.05, 0.1) is 0 Å². The van der Waals surface area contributed by atoms with Crippen LogP contribution < -0.4 is 0 Å². The van der Waals surface area contributed by atoms with E-state index in [1.807, 2.05) is 18.3 Å². The molecule has 3 saturated heterocycles. The molecule has 4 heteroatoms. The summed E-state index contributed by atoms with van der Waals surface area (Å²) in [5, 5.41) is 0. The van der Waals surface area contributed by atoms with Gasteiger partial charge in [-0.05, 0) is 63.5 Å². The molecule has 1 amide bonds. The van der Waals surface area contributed by atoms with Gasteiger partial charge in [0.15, 0.2) is 0 Å². The molecule has 4 aliphatic rings. The molecule has 1 aromatic rings. The normalized spacial score (nSPS) is 28.4. The molecule has 2 bridgehead atoms. The van der Waals surface area contributed by atoms with Crippen LogP contribution in [0.2, 0.25) is 0 Å². The number of nitrogens with zero attached hydrogens (tertiary/aromatic N) is 3. The van der Waals surface area contributed by atoms with E-state index in [1.165, 1.54) is 38.8 Å². The molecule has 126 valence electrons. The van der Waals surface area contributed by atoms with Crippen LogP contribution >= 0.6 is 0 Å². The van der Waals surface area contributed by atoms with Crippen molar-refractivity contribution in [1.82, 2.24) is 14.4 Å². The van der Waals surface area contributed by atoms with Crippen molar-refractivity contribution >= 4 is 5.91 Å². The standard InChI is InChI=1S/C19H29N3O/c1-14(2)22-9-3-4-18(22)19(23)21-12-16-7-8-17(13-21)20(11-16)10-15-5-6-15/h3-4,9,14-17H,5-8,10-13H2,1-2H3/t16-,17-/m0/s1. The lowest BCUT2D eigenvalue weighted by Crippen LogP contribution is -2.45. The predicted molar refractivity (Wildman–Crippen MR) is 91.5 cm³/mol. The summed E-state index contributed by atoms with van der Waals surface area (Å²) in [5.74, 6) is 1.84. The van der Waals surface area contributed by atoms with E-state index in [2.05, 4.69) is 28.2 Å². The zero-order valence-corrected chi connectivity index (χ0v) is 14.4. The number of carbonyl (C=O) groups excluding carboxylic acids is 1. The van der Waals surface area contributed by atoms with E-state index in [-0.39, 0.29) is 5.91 Å². The molecular formula is C19H29N3O. The Labute approximate surface area is 139 Å². The van der Waals surface area contributed by atoms with Crippen LogP contribution in [-0.4, -0.2) is 52.5 Å². The van der Waals surface area contributed by atoms with Gasteiger partial charge in [-0.3, -0.25) is 9.69 Å². The van der Waals surface area contributed by atoms with Gasteiger partial charge >= 0.3 is 0 Å². The second kappa shape index (κ2) is 5.97. The average molecular weight is 315 g/mol. The first-order valence-electron chi connectivity index (χ1n) is 9.32. The van der Waals surface area contributed by atoms with Crippen molar-refractivity contribution < 1.29 is 4.79 Å². The van der Waals surface area contributed by atoms with E-state index in [0.29, 0.717) is 18.0 Å². The minimum atomic E-state index is 0.230. The van der Waals surface area contributed by atoms with Crippen molar-refractivity contribution in [3.63, 3.8) is 0 Å². The predicted octanol–water partition coefficient (Wildman–Crippen LogP) is 3.02. The first kappa shape index (κ1) is 15.3. The van der Waals surface area contributed by atoms with E-state index in [0.717, 1.165) is 24.7 Å². The van der Waals surface area contributed by atoms with E-state index in [1.54, 1.807) is 0 Å². The van der Waals surface area contributed by atoms with Crippen LogP contribution in [0.4, 0.5) is 0 Å². The highest BCUT2D eigenvalue weighted by atomic mass is 16.2. The molecule has 23 heavy (non-hydrogen) atoms. The van der Waals surface area contributed by atoms with Crippen molar-refractivity contribution in [3.8, 4) is 0 Å². The molecule has 0 aromatic carbocycles. The Hall–Kier alpha value is -1.29. The van der Waals surface area contributed by atoms with Gasteiger partial charge in [0.1, 0.15) is 5.69 Å². The van der Waals surface area contributed by atoms with Crippen molar-refractivity contribution in [2.24, 2.45) is 11.8 Å². The molecule has 0 radical (unpaired) electrons. The fraction of sp³-hybridized carbons (Fsp3) is 0.737. The highest BCUT2D eigenvalue weighted by Gasteiger charge is 2.39. The molecule has 1 aromatic heterocycles. The highest BCUT2D eigenvalue weighted by molar-refractivity contribution is 5.93.